The highest BCUT2D eigenvalue weighted by Crippen LogP contribution is 2.47. The molecule has 0 atom stereocenters. The van der Waals surface area contributed by atoms with Crippen LogP contribution in [0.4, 0.5) is 5.82 Å². The van der Waals surface area contributed by atoms with Crippen molar-refractivity contribution in [1.82, 2.24) is 15.0 Å². The fourth-order valence-corrected chi connectivity index (χ4v) is 3.76. The minimum Gasteiger partial charge on any atom is -0.368 e. The van der Waals surface area contributed by atoms with Crippen molar-refractivity contribution in [1.29, 1.82) is 0 Å². The summed E-state index contributed by atoms with van der Waals surface area (Å²) in [4.78, 5) is 15.8. The third-order valence-corrected chi connectivity index (χ3v) is 5.57. The summed E-state index contributed by atoms with van der Waals surface area (Å²) in [5, 5.41) is 4.68. The Hall–Kier alpha value is -2.01. The Morgan fingerprint density at radius 2 is 2.14 bits per heavy atom. The van der Waals surface area contributed by atoms with Crippen molar-refractivity contribution < 1.29 is 0 Å². The van der Waals surface area contributed by atoms with E-state index < -0.39 is 0 Å². The Morgan fingerprint density at radius 1 is 1.23 bits per heavy atom. The molecule has 0 unspecified atom stereocenters. The van der Waals surface area contributed by atoms with Crippen LogP contribution in [0.2, 0.25) is 0 Å². The average molecular weight is 310 g/mol. The van der Waals surface area contributed by atoms with Crippen LogP contribution in [0.1, 0.15) is 30.3 Å². The van der Waals surface area contributed by atoms with Gasteiger partial charge in [0.2, 0.25) is 0 Å². The Balaban J connectivity index is 1.58. The molecule has 3 aromatic heterocycles. The zero-order chi connectivity index (χ0) is 15.0. The number of aryl methyl sites for hydroxylation is 1. The van der Waals surface area contributed by atoms with E-state index in [1.54, 1.807) is 17.7 Å². The molecule has 0 amide bonds. The number of nitrogens with one attached hydrogen (secondary N) is 1. The van der Waals surface area contributed by atoms with Crippen molar-refractivity contribution in [2.45, 2.75) is 31.6 Å². The topological polar surface area (TPSA) is 50.7 Å². The van der Waals surface area contributed by atoms with Crippen molar-refractivity contribution in [3.05, 3.63) is 47.4 Å². The zero-order valence-electron chi connectivity index (χ0n) is 12.5. The minimum absolute atomic E-state index is 0.183. The van der Waals surface area contributed by atoms with E-state index >= 15 is 0 Å². The number of thiophene rings is 1. The molecule has 0 radical (unpaired) electrons. The molecule has 0 spiro atoms. The first-order valence-electron chi connectivity index (χ1n) is 7.69. The van der Waals surface area contributed by atoms with Crippen molar-refractivity contribution in [3.63, 3.8) is 0 Å². The van der Waals surface area contributed by atoms with Crippen LogP contribution in [0.3, 0.4) is 0 Å². The Morgan fingerprint density at radius 3 is 2.86 bits per heavy atom. The highest BCUT2D eigenvalue weighted by Gasteiger charge is 2.45. The van der Waals surface area contributed by atoms with Crippen LogP contribution in [0, 0.1) is 0 Å². The SMILES string of the molecule is CCc1cc2c(NCC3(c4ccccn4)CC3)ncnc2s1. The van der Waals surface area contributed by atoms with Gasteiger partial charge in [-0.25, -0.2) is 9.97 Å². The summed E-state index contributed by atoms with van der Waals surface area (Å²) in [6.45, 7) is 3.05. The van der Waals surface area contributed by atoms with Crippen LogP contribution >= 0.6 is 11.3 Å². The minimum atomic E-state index is 0.183. The van der Waals surface area contributed by atoms with Crippen LogP contribution < -0.4 is 5.32 Å². The number of hydrogen-bond acceptors (Lipinski definition) is 5. The van der Waals surface area contributed by atoms with Crippen LogP contribution in [0.25, 0.3) is 10.2 Å². The van der Waals surface area contributed by atoms with Gasteiger partial charge in [-0.05, 0) is 37.5 Å². The normalized spacial score (nSPS) is 15.9. The fraction of sp³-hybridized carbons (Fsp3) is 0.353. The molecule has 3 heterocycles. The van der Waals surface area contributed by atoms with Gasteiger partial charge in [0.05, 0.1) is 5.39 Å². The quantitative estimate of drug-likeness (QED) is 0.779. The van der Waals surface area contributed by atoms with E-state index in [1.807, 2.05) is 12.3 Å². The van der Waals surface area contributed by atoms with Crippen molar-refractivity contribution in [3.8, 4) is 0 Å². The summed E-state index contributed by atoms with van der Waals surface area (Å²) in [5.41, 5.74) is 1.37. The van der Waals surface area contributed by atoms with Crippen molar-refractivity contribution in [2.75, 3.05) is 11.9 Å². The van der Waals surface area contributed by atoms with Gasteiger partial charge in [0.1, 0.15) is 17.0 Å². The molecule has 0 aromatic carbocycles. The summed E-state index contributed by atoms with van der Waals surface area (Å²) in [6.07, 6.45) is 6.95. The number of aromatic nitrogens is 3. The van der Waals surface area contributed by atoms with E-state index in [9.17, 15) is 0 Å². The molecule has 1 saturated carbocycles. The maximum absolute atomic E-state index is 4.53. The molecule has 22 heavy (non-hydrogen) atoms. The number of rotatable bonds is 5. The molecule has 1 N–H and O–H groups in total. The molecule has 112 valence electrons. The van der Waals surface area contributed by atoms with E-state index in [2.05, 4.69) is 45.4 Å². The first kappa shape index (κ1) is 13.6. The van der Waals surface area contributed by atoms with Gasteiger partial charge in [-0.3, -0.25) is 4.98 Å². The average Bonchev–Trinajstić information content (AvgIpc) is 3.24. The summed E-state index contributed by atoms with van der Waals surface area (Å²) in [7, 11) is 0. The molecule has 4 nitrogen and oxygen atoms in total. The van der Waals surface area contributed by atoms with E-state index in [0.29, 0.717) is 0 Å². The molecule has 3 aromatic rings. The lowest BCUT2D eigenvalue weighted by atomic mass is 10.0. The number of nitrogens with zero attached hydrogens (tertiary/aromatic N) is 3. The van der Waals surface area contributed by atoms with E-state index in [-0.39, 0.29) is 5.41 Å². The molecule has 1 aliphatic carbocycles. The summed E-state index contributed by atoms with van der Waals surface area (Å²) in [6, 6.07) is 8.38. The number of hydrogen-bond donors (Lipinski definition) is 1. The molecule has 1 fully saturated rings. The van der Waals surface area contributed by atoms with Crippen molar-refractivity contribution >= 4 is 27.4 Å². The van der Waals surface area contributed by atoms with Gasteiger partial charge >= 0.3 is 0 Å². The molecule has 1 aliphatic rings. The Bertz CT molecular complexity index is 793. The van der Waals surface area contributed by atoms with E-state index in [0.717, 1.165) is 29.0 Å². The largest absolute Gasteiger partial charge is 0.368 e. The van der Waals surface area contributed by atoms with Gasteiger partial charge in [0.25, 0.3) is 0 Å². The molecular formula is C17H18N4S. The highest BCUT2D eigenvalue weighted by atomic mass is 32.1. The number of fused-ring (bicyclic) bond motifs is 1. The van der Waals surface area contributed by atoms with Gasteiger partial charge in [-0.15, -0.1) is 11.3 Å². The van der Waals surface area contributed by atoms with Gasteiger partial charge in [0, 0.05) is 28.7 Å². The third-order valence-electron chi connectivity index (χ3n) is 4.38. The Labute approximate surface area is 133 Å². The maximum Gasteiger partial charge on any atom is 0.138 e. The predicted molar refractivity (Wildman–Crippen MR) is 90.4 cm³/mol. The lowest BCUT2D eigenvalue weighted by Gasteiger charge is -2.16. The standard InChI is InChI=1S/C17H18N4S/c1-2-12-9-13-15(20-11-21-16(13)22-12)19-10-17(6-7-17)14-5-3-4-8-18-14/h3-5,8-9,11H,2,6-7,10H2,1H3,(H,19,20,21). The second-order valence-electron chi connectivity index (χ2n) is 5.86. The van der Waals surface area contributed by atoms with E-state index in [4.69, 9.17) is 0 Å². The Kier molecular flexibility index (Phi) is 3.30. The molecule has 4 rings (SSSR count). The maximum atomic E-state index is 4.53. The van der Waals surface area contributed by atoms with Crippen molar-refractivity contribution in [2.24, 2.45) is 0 Å². The molecule has 0 aliphatic heterocycles. The number of anilines is 1. The second kappa shape index (κ2) is 5.32. The molecular weight excluding hydrogens is 292 g/mol. The smallest absolute Gasteiger partial charge is 0.138 e. The molecule has 5 heteroatoms. The predicted octanol–water partition coefficient (Wildman–Crippen LogP) is 3.79. The van der Waals surface area contributed by atoms with Gasteiger partial charge in [-0.1, -0.05) is 13.0 Å². The third kappa shape index (κ3) is 2.35. The zero-order valence-corrected chi connectivity index (χ0v) is 13.4. The summed E-state index contributed by atoms with van der Waals surface area (Å²) < 4.78 is 0. The first-order chi connectivity index (χ1) is 10.8. The first-order valence-corrected chi connectivity index (χ1v) is 8.51. The summed E-state index contributed by atoms with van der Waals surface area (Å²) in [5.74, 6) is 0.947. The fourth-order valence-electron chi connectivity index (χ4n) is 2.82. The lowest BCUT2D eigenvalue weighted by Crippen LogP contribution is -2.21. The second-order valence-corrected chi connectivity index (χ2v) is 6.97. The van der Waals surface area contributed by atoms with E-state index in [1.165, 1.54) is 23.4 Å². The number of pyridine rings is 1. The summed E-state index contributed by atoms with van der Waals surface area (Å²) >= 11 is 1.75. The van der Waals surface area contributed by atoms with Gasteiger partial charge < -0.3 is 5.32 Å². The molecule has 0 saturated heterocycles. The van der Waals surface area contributed by atoms with Gasteiger partial charge in [-0.2, -0.15) is 0 Å². The van der Waals surface area contributed by atoms with Gasteiger partial charge in [0.15, 0.2) is 0 Å². The van der Waals surface area contributed by atoms with Crippen LogP contribution in [0.15, 0.2) is 36.8 Å². The lowest BCUT2D eigenvalue weighted by molar-refractivity contribution is 0.701. The van der Waals surface area contributed by atoms with Crippen LogP contribution in [-0.4, -0.2) is 21.5 Å². The van der Waals surface area contributed by atoms with Crippen LogP contribution in [-0.2, 0) is 11.8 Å². The highest BCUT2D eigenvalue weighted by molar-refractivity contribution is 7.18. The monoisotopic (exact) mass is 310 g/mol. The molecule has 0 bridgehead atoms. The van der Waals surface area contributed by atoms with Crippen LogP contribution in [0.5, 0.6) is 0 Å².